The smallest absolute Gasteiger partial charge is 0.305 e. The molecule has 166 valence electrons. The summed E-state index contributed by atoms with van der Waals surface area (Å²) in [4.78, 5) is 14.3. The first-order valence-corrected chi connectivity index (χ1v) is 11.9. The molecule has 0 atom stereocenters. The van der Waals surface area contributed by atoms with E-state index in [-0.39, 0.29) is 5.97 Å². The van der Waals surface area contributed by atoms with Gasteiger partial charge in [-0.25, -0.2) is 0 Å². The van der Waals surface area contributed by atoms with Gasteiger partial charge >= 0.3 is 5.97 Å². The maximum atomic E-state index is 11.9. The lowest BCUT2D eigenvalue weighted by molar-refractivity contribution is -0.487. The summed E-state index contributed by atoms with van der Waals surface area (Å²) < 4.78 is 7.85. The van der Waals surface area contributed by atoms with E-state index in [1.54, 1.807) is 0 Å². The molecule has 4 nitrogen and oxygen atoms in total. The minimum atomic E-state index is -0.0373. The fraction of sp³-hybridized carbons (Fsp3) is 0.760. The molecule has 1 rings (SSSR count). The van der Waals surface area contributed by atoms with Crippen LogP contribution in [-0.4, -0.2) is 54.6 Å². The molecule has 0 fully saturated rings. The van der Waals surface area contributed by atoms with Crippen LogP contribution in [0, 0.1) is 0 Å². The Balaban J connectivity index is 2.09. The van der Waals surface area contributed by atoms with Crippen molar-refractivity contribution in [1.82, 2.24) is 4.90 Å². The minimum Gasteiger partial charge on any atom is -0.462 e. The van der Waals surface area contributed by atoms with E-state index in [0.717, 1.165) is 51.7 Å². The van der Waals surface area contributed by atoms with Crippen LogP contribution in [0.1, 0.15) is 89.9 Å². The number of rotatable bonds is 19. The zero-order valence-electron chi connectivity index (χ0n) is 19.0. The van der Waals surface area contributed by atoms with E-state index in [0.29, 0.717) is 13.0 Å². The van der Waals surface area contributed by atoms with Gasteiger partial charge < -0.3 is 4.74 Å². The van der Waals surface area contributed by atoms with E-state index < -0.39 is 0 Å². The zero-order chi connectivity index (χ0) is 21.2. The van der Waals surface area contributed by atoms with Crippen molar-refractivity contribution < 1.29 is 14.1 Å². The van der Waals surface area contributed by atoms with Crippen LogP contribution in [0.25, 0.3) is 0 Å². The summed E-state index contributed by atoms with van der Waals surface area (Å²) in [5.41, 5.74) is 0. The van der Waals surface area contributed by atoms with Crippen molar-refractivity contribution in [2.75, 3.05) is 33.3 Å². The van der Waals surface area contributed by atoms with Gasteiger partial charge in [-0.3, -0.25) is 14.3 Å². The first-order valence-electron chi connectivity index (χ1n) is 11.9. The summed E-state index contributed by atoms with van der Waals surface area (Å²) in [7, 11) is 2.18. The van der Waals surface area contributed by atoms with Crippen molar-refractivity contribution in [2.24, 2.45) is 0 Å². The molecule has 0 radical (unpaired) electrons. The maximum Gasteiger partial charge on any atom is 0.305 e. The Morgan fingerprint density at radius 3 is 2.21 bits per heavy atom. The standard InChI is InChI=1S/C25H45N2O2/c1-4-6-8-10-12-14-16-18-24-26(3)20-21-27(24)22-23-29-25(28)19-17-15-13-11-9-7-5-2/h4-5H,1-2,6-23H2,3H3/q+1. The molecule has 0 unspecified atom stereocenters. The lowest BCUT2D eigenvalue weighted by Crippen LogP contribution is -2.32. The number of hydrogen-bond donors (Lipinski definition) is 0. The number of unbranched alkanes of at least 4 members (excludes halogenated alkanes) is 10. The van der Waals surface area contributed by atoms with Crippen LogP contribution in [0.3, 0.4) is 0 Å². The highest BCUT2D eigenvalue weighted by Crippen LogP contribution is 2.12. The predicted octanol–water partition coefficient (Wildman–Crippen LogP) is 5.72. The number of hydrogen-bond acceptors (Lipinski definition) is 3. The molecule has 0 saturated heterocycles. The lowest BCUT2D eigenvalue weighted by Gasteiger charge is -2.13. The molecule has 1 heterocycles. The molecule has 1 aliphatic rings. The monoisotopic (exact) mass is 405 g/mol. The molecule has 0 aromatic heterocycles. The van der Waals surface area contributed by atoms with E-state index in [2.05, 4.69) is 29.7 Å². The average Bonchev–Trinajstić information content (AvgIpc) is 3.06. The molecule has 0 spiro atoms. The number of nitrogens with zero attached hydrogens (tertiary/aromatic N) is 2. The van der Waals surface area contributed by atoms with Crippen molar-refractivity contribution in [3.63, 3.8) is 0 Å². The first kappa shape index (κ1) is 25.5. The molecule has 1 aliphatic heterocycles. The predicted molar refractivity (Wildman–Crippen MR) is 124 cm³/mol. The highest BCUT2D eigenvalue weighted by molar-refractivity contribution is 5.78. The van der Waals surface area contributed by atoms with Crippen molar-refractivity contribution in [2.45, 2.75) is 89.9 Å². The van der Waals surface area contributed by atoms with E-state index in [1.807, 2.05) is 12.2 Å². The van der Waals surface area contributed by atoms with Gasteiger partial charge in [0.2, 0.25) is 5.84 Å². The number of likely N-dealkylation sites (N-methyl/N-ethyl adjacent to an activating group) is 1. The van der Waals surface area contributed by atoms with Crippen molar-refractivity contribution in [3.8, 4) is 0 Å². The van der Waals surface area contributed by atoms with Gasteiger partial charge in [0.15, 0.2) is 0 Å². The van der Waals surface area contributed by atoms with E-state index in [9.17, 15) is 4.79 Å². The van der Waals surface area contributed by atoms with E-state index >= 15 is 0 Å². The van der Waals surface area contributed by atoms with Gasteiger partial charge in [-0.2, -0.15) is 0 Å². The molecule has 29 heavy (non-hydrogen) atoms. The topological polar surface area (TPSA) is 32.5 Å². The number of esters is 1. The van der Waals surface area contributed by atoms with Crippen LogP contribution in [0.2, 0.25) is 0 Å². The van der Waals surface area contributed by atoms with Gasteiger partial charge in [0.05, 0.1) is 7.05 Å². The Morgan fingerprint density at radius 1 is 0.966 bits per heavy atom. The van der Waals surface area contributed by atoms with Gasteiger partial charge in [0.1, 0.15) is 26.2 Å². The first-order chi connectivity index (χ1) is 14.2. The number of allylic oxidation sites excluding steroid dienone is 2. The average molecular weight is 406 g/mol. The third kappa shape index (κ3) is 12.6. The van der Waals surface area contributed by atoms with Crippen molar-refractivity contribution >= 4 is 11.8 Å². The zero-order valence-corrected chi connectivity index (χ0v) is 19.0. The van der Waals surface area contributed by atoms with Crippen LogP contribution < -0.4 is 0 Å². The second kappa shape index (κ2) is 17.3. The largest absolute Gasteiger partial charge is 0.462 e. The number of amidine groups is 1. The van der Waals surface area contributed by atoms with Gasteiger partial charge in [0, 0.05) is 12.8 Å². The maximum absolute atomic E-state index is 11.9. The highest BCUT2D eigenvalue weighted by atomic mass is 16.5. The molecule has 0 aromatic rings. The minimum absolute atomic E-state index is 0.0373. The molecule has 0 amide bonds. The van der Waals surface area contributed by atoms with Crippen LogP contribution in [0.15, 0.2) is 25.3 Å². The number of carbonyl (C=O) groups is 1. The molecule has 0 N–H and O–H groups in total. The molecular weight excluding hydrogens is 360 g/mol. The summed E-state index contributed by atoms with van der Waals surface area (Å²) >= 11 is 0. The molecule has 0 aliphatic carbocycles. The van der Waals surface area contributed by atoms with Crippen molar-refractivity contribution in [1.29, 1.82) is 0 Å². The number of carbonyl (C=O) groups excluding carboxylic acids is 1. The third-order valence-corrected chi connectivity index (χ3v) is 5.73. The Labute approximate surface area is 179 Å². The van der Waals surface area contributed by atoms with Crippen LogP contribution in [-0.2, 0) is 9.53 Å². The van der Waals surface area contributed by atoms with Gasteiger partial charge in [-0.15, -0.1) is 13.2 Å². The highest BCUT2D eigenvalue weighted by Gasteiger charge is 2.27. The van der Waals surface area contributed by atoms with Gasteiger partial charge in [-0.1, -0.05) is 50.7 Å². The molecule has 0 bridgehead atoms. The second-order valence-electron chi connectivity index (χ2n) is 8.24. The normalized spacial score (nSPS) is 13.8. The fourth-order valence-electron chi connectivity index (χ4n) is 3.89. The molecular formula is C25H45N2O2+. The summed E-state index contributed by atoms with van der Waals surface area (Å²) in [5, 5.41) is 0. The molecule has 0 saturated carbocycles. The van der Waals surface area contributed by atoms with Gasteiger partial charge in [-0.05, 0) is 38.5 Å². The SMILES string of the molecule is C=CCCCCCCCC(=O)OCCN1CC[N+](C)=C1CCCCCCCC=C. The van der Waals surface area contributed by atoms with E-state index in [4.69, 9.17) is 4.74 Å². The summed E-state index contributed by atoms with van der Waals surface area (Å²) in [6.45, 7) is 11.0. The van der Waals surface area contributed by atoms with Crippen LogP contribution in [0.5, 0.6) is 0 Å². The second-order valence-corrected chi connectivity index (χ2v) is 8.24. The summed E-state index contributed by atoms with van der Waals surface area (Å²) in [6, 6.07) is 0. The summed E-state index contributed by atoms with van der Waals surface area (Å²) in [6.07, 6.45) is 20.1. The number of ether oxygens (including phenoxy) is 1. The van der Waals surface area contributed by atoms with Gasteiger partial charge in [0.25, 0.3) is 0 Å². The Bertz CT molecular complexity index is 499. The Hall–Kier alpha value is -1.58. The molecule has 0 aromatic carbocycles. The van der Waals surface area contributed by atoms with E-state index in [1.165, 1.54) is 57.2 Å². The van der Waals surface area contributed by atoms with Crippen LogP contribution in [0.4, 0.5) is 0 Å². The Kier molecular flexibility index (Phi) is 15.2. The van der Waals surface area contributed by atoms with Crippen LogP contribution >= 0.6 is 0 Å². The third-order valence-electron chi connectivity index (χ3n) is 5.73. The lowest BCUT2D eigenvalue weighted by atomic mass is 10.1. The molecule has 4 heteroatoms. The summed E-state index contributed by atoms with van der Waals surface area (Å²) in [5.74, 6) is 1.39. The fourth-order valence-corrected chi connectivity index (χ4v) is 3.89. The van der Waals surface area contributed by atoms with Crippen molar-refractivity contribution in [3.05, 3.63) is 25.3 Å². The quantitative estimate of drug-likeness (QED) is 0.119. The Morgan fingerprint density at radius 2 is 1.55 bits per heavy atom.